The van der Waals surface area contributed by atoms with Gasteiger partial charge in [-0.05, 0) is 211 Å². The predicted octanol–water partition coefficient (Wildman–Crippen LogP) is 24.0. The molecule has 0 saturated heterocycles. The van der Waals surface area contributed by atoms with Crippen molar-refractivity contribution in [3.8, 4) is 0 Å². The molecule has 4 nitrogen and oxygen atoms in total. The highest BCUT2D eigenvalue weighted by molar-refractivity contribution is 6.20. The van der Waals surface area contributed by atoms with Gasteiger partial charge in [0.05, 0.1) is 0 Å². The lowest BCUT2D eigenvalue weighted by molar-refractivity contribution is 0.656. The molecule has 86 heavy (non-hydrogen) atoms. The van der Waals surface area contributed by atoms with Gasteiger partial charge in [-0.15, -0.1) is 0 Å². The largest absolute Gasteiger partial charge is 0.456 e. The molecule has 0 fully saturated rings. The Morgan fingerprint density at radius 3 is 0.721 bits per heavy atom. The molecule has 19 rings (SSSR count). The highest BCUT2D eigenvalue weighted by atomic mass is 16.3. The lowest BCUT2D eigenvalue weighted by Gasteiger charge is -2.27. The number of nitrogens with zero attached hydrogens (tertiary/aromatic N) is 2. The summed E-state index contributed by atoms with van der Waals surface area (Å²) < 4.78 is 13.7. The second-order valence-electron chi connectivity index (χ2n) is 23.2. The molecule has 0 unspecified atom stereocenters. The first-order valence-electron chi connectivity index (χ1n) is 29.5. The van der Waals surface area contributed by atoms with Gasteiger partial charge in [-0.3, -0.25) is 0 Å². The maximum atomic E-state index is 6.84. The summed E-state index contributed by atoms with van der Waals surface area (Å²) in [6.45, 7) is 0. The molecule has 2 heterocycles. The molecule has 4 heteroatoms. The quantitative estimate of drug-likeness (QED) is 0.155. The normalized spacial score (nSPS) is 12.2. The van der Waals surface area contributed by atoms with Gasteiger partial charge in [-0.1, -0.05) is 182 Å². The highest BCUT2D eigenvalue weighted by Gasteiger charge is 2.21. The standard InChI is InChI=1S/C82H48N2O2/c1-5-13-67-49(9-1)17-21-53-25-31-63(43-71(53)67)83(64-32-26-54-22-18-50-10-2-6-14-68(50)72(54)44-64)61-35-29-57-39-75-77-47-78-76-40-58-30-36-62(38-60(58)42-80(76)86-82(78)48-81(77)85-79(75)41-59(57)37-61)84(65-33-27-55-23-19-51-11-3-7-15-69(51)73(55)45-65)66-34-28-56-24-20-52-12-4-8-16-70(52)74(56)46-66/h1-48H. The predicted molar refractivity (Wildman–Crippen MR) is 365 cm³/mol. The Hall–Kier alpha value is -11.5. The number of hydrogen-bond acceptors (Lipinski definition) is 4. The van der Waals surface area contributed by atoms with Crippen molar-refractivity contribution in [1.29, 1.82) is 0 Å². The lowest BCUT2D eigenvalue weighted by Crippen LogP contribution is -2.10. The maximum Gasteiger partial charge on any atom is 0.139 e. The summed E-state index contributed by atoms with van der Waals surface area (Å²) in [5.74, 6) is 0. The third kappa shape index (κ3) is 7.23. The van der Waals surface area contributed by atoms with Crippen molar-refractivity contribution in [2.45, 2.75) is 0 Å². The van der Waals surface area contributed by atoms with Crippen molar-refractivity contribution < 1.29 is 8.83 Å². The fourth-order valence-electron chi connectivity index (χ4n) is 14.2. The summed E-state index contributed by atoms with van der Waals surface area (Å²) in [5, 5.41) is 28.4. The summed E-state index contributed by atoms with van der Waals surface area (Å²) in [5.41, 5.74) is 9.75. The van der Waals surface area contributed by atoms with Crippen molar-refractivity contribution in [2.24, 2.45) is 0 Å². The summed E-state index contributed by atoms with van der Waals surface area (Å²) >= 11 is 0. The Morgan fingerprint density at radius 2 is 0.395 bits per heavy atom. The van der Waals surface area contributed by atoms with E-state index in [1.807, 2.05) is 0 Å². The molecule has 17 aromatic carbocycles. The Kier molecular flexibility index (Phi) is 9.86. The SMILES string of the molecule is c1ccc2c(c1)ccc1ccc(N(c3ccc4cc5c(cc4c3)oc3cc4oc6cc7cc(N(c8ccc9ccc%10ccccc%10c9c8)c8ccc9ccc%10ccccc%10c9c8)ccc7cc6c4cc35)c3ccc4ccc5ccccc5c4c3)cc12. The molecule has 0 aliphatic carbocycles. The van der Waals surface area contributed by atoms with Crippen LogP contribution >= 0.6 is 0 Å². The van der Waals surface area contributed by atoms with E-state index in [1.165, 1.54) is 86.2 Å². The van der Waals surface area contributed by atoms with E-state index >= 15 is 0 Å². The van der Waals surface area contributed by atoms with Gasteiger partial charge >= 0.3 is 0 Å². The average molecular weight is 1090 g/mol. The summed E-state index contributed by atoms with van der Waals surface area (Å²) in [6.07, 6.45) is 0. The van der Waals surface area contributed by atoms with Crippen molar-refractivity contribution in [3.05, 3.63) is 291 Å². The molecule has 0 aliphatic heterocycles. The fourth-order valence-corrected chi connectivity index (χ4v) is 14.2. The van der Waals surface area contributed by atoms with Gasteiger partial charge in [0, 0.05) is 61.7 Å². The Labute approximate surface area is 492 Å². The van der Waals surface area contributed by atoms with Gasteiger partial charge < -0.3 is 18.6 Å². The summed E-state index contributed by atoms with van der Waals surface area (Å²) in [7, 11) is 0. The molecule has 0 N–H and O–H groups in total. The van der Waals surface area contributed by atoms with Crippen LogP contribution in [0.4, 0.5) is 34.1 Å². The minimum absolute atomic E-state index is 0.796. The van der Waals surface area contributed by atoms with Crippen LogP contribution in [0.1, 0.15) is 0 Å². The highest BCUT2D eigenvalue weighted by Crippen LogP contribution is 2.46. The Bertz CT molecular complexity index is 5520. The molecule has 0 spiro atoms. The van der Waals surface area contributed by atoms with Crippen LogP contribution in [0, 0.1) is 0 Å². The number of hydrogen-bond donors (Lipinski definition) is 0. The average Bonchev–Trinajstić information content (AvgIpc) is 1.91. The maximum absolute atomic E-state index is 6.84. The molecule has 0 bridgehead atoms. The van der Waals surface area contributed by atoms with Crippen molar-refractivity contribution >= 4 is 186 Å². The van der Waals surface area contributed by atoms with E-state index in [1.54, 1.807) is 0 Å². The van der Waals surface area contributed by atoms with E-state index in [0.29, 0.717) is 0 Å². The van der Waals surface area contributed by atoms with Gasteiger partial charge in [0.1, 0.15) is 22.3 Å². The number of furan rings is 2. The molecule has 0 atom stereocenters. The van der Waals surface area contributed by atoms with Gasteiger partial charge in [-0.2, -0.15) is 0 Å². The molecule has 0 aliphatic rings. The molecule has 0 amide bonds. The van der Waals surface area contributed by atoms with Crippen LogP contribution in [0.25, 0.3) is 152 Å². The van der Waals surface area contributed by atoms with E-state index in [-0.39, 0.29) is 0 Å². The number of fused-ring (bicyclic) bond motifs is 20. The van der Waals surface area contributed by atoms with Crippen molar-refractivity contribution in [3.63, 3.8) is 0 Å². The number of benzene rings is 17. The second-order valence-corrected chi connectivity index (χ2v) is 23.2. The minimum atomic E-state index is 0.796. The van der Waals surface area contributed by atoms with Gasteiger partial charge in [0.15, 0.2) is 0 Å². The zero-order valence-electron chi connectivity index (χ0n) is 46.4. The zero-order valence-corrected chi connectivity index (χ0v) is 46.4. The van der Waals surface area contributed by atoms with Crippen LogP contribution in [-0.2, 0) is 0 Å². The smallest absolute Gasteiger partial charge is 0.139 e. The second kappa shape index (κ2) is 18.0. The van der Waals surface area contributed by atoms with E-state index < -0.39 is 0 Å². The Morgan fingerprint density at radius 1 is 0.151 bits per heavy atom. The monoisotopic (exact) mass is 1090 g/mol. The molecule has 19 aromatic rings. The van der Waals surface area contributed by atoms with E-state index in [9.17, 15) is 0 Å². The van der Waals surface area contributed by atoms with Crippen LogP contribution in [0.3, 0.4) is 0 Å². The van der Waals surface area contributed by atoms with Gasteiger partial charge in [0.25, 0.3) is 0 Å². The van der Waals surface area contributed by atoms with E-state index in [2.05, 4.69) is 301 Å². The first kappa shape index (κ1) is 47.1. The fraction of sp³-hybridized carbons (Fsp3) is 0. The molecule has 2 aromatic heterocycles. The number of anilines is 6. The first-order chi connectivity index (χ1) is 42.5. The minimum Gasteiger partial charge on any atom is -0.456 e. The molecular weight excluding hydrogens is 1040 g/mol. The molecule has 0 saturated carbocycles. The Balaban J connectivity index is 0.729. The van der Waals surface area contributed by atoms with E-state index in [4.69, 9.17) is 8.83 Å². The van der Waals surface area contributed by atoms with Crippen LogP contribution < -0.4 is 9.80 Å². The third-order valence-corrected chi connectivity index (χ3v) is 18.4. The lowest BCUT2D eigenvalue weighted by atomic mass is 9.99. The van der Waals surface area contributed by atoms with Crippen LogP contribution in [0.15, 0.2) is 300 Å². The molecule has 398 valence electrons. The summed E-state index contributed by atoms with van der Waals surface area (Å²) in [6, 6.07) is 107. The van der Waals surface area contributed by atoms with E-state index in [0.717, 1.165) is 99.5 Å². The molecule has 0 radical (unpaired) electrons. The van der Waals surface area contributed by atoms with Gasteiger partial charge in [0.2, 0.25) is 0 Å². The van der Waals surface area contributed by atoms with Crippen LogP contribution in [0.2, 0.25) is 0 Å². The third-order valence-electron chi connectivity index (χ3n) is 18.4. The number of rotatable bonds is 6. The van der Waals surface area contributed by atoms with Crippen molar-refractivity contribution in [2.75, 3.05) is 9.80 Å². The summed E-state index contributed by atoms with van der Waals surface area (Å²) in [4.78, 5) is 4.81. The topological polar surface area (TPSA) is 32.8 Å². The van der Waals surface area contributed by atoms with Crippen LogP contribution in [-0.4, -0.2) is 0 Å². The molecular formula is C82H48N2O2. The first-order valence-corrected chi connectivity index (χ1v) is 29.5. The van der Waals surface area contributed by atoms with Crippen LogP contribution in [0.5, 0.6) is 0 Å². The van der Waals surface area contributed by atoms with Crippen molar-refractivity contribution in [1.82, 2.24) is 0 Å². The zero-order chi connectivity index (χ0) is 56.1. The van der Waals surface area contributed by atoms with Gasteiger partial charge in [-0.25, -0.2) is 0 Å².